The average molecular weight is 313 g/mol. The van der Waals surface area contributed by atoms with Crippen molar-refractivity contribution in [2.24, 2.45) is 0 Å². The molecule has 1 aliphatic rings. The van der Waals surface area contributed by atoms with Crippen molar-refractivity contribution in [1.82, 2.24) is 10.6 Å². The summed E-state index contributed by atoms with van der Waals surface area (Å²) in [4.78, 5) is 11.8. The summed E-state index contributed by atoms with van der Waals surface area (Å²) in [6.45, 7) is 5.04. The molecule has 0 radical (unpaired) electrons. The Morgan fingerprint density at radius 3 is 3.14 bits per heavy atom. The number of carbonyl (C=O) groups excluding carboxylic acids is 1. The predicted octanol–water partition coefficient (Wildman–Crippen LogP) is 1.52. The van der Waals surface area contributed by atoms with Gasteiger partial charge in [0.05, 0.1) is 13.2 Å². The first-order valence-corrected chi connectivity index (χ1v) is 7.53. The first-order chi connectivity index (χ1) is 10.2. The summed E-state index contributed by atoms with van der Waals surface area (Å²) in [5, 5.41) is 6.69. The SMILES string of the molecule is Cc1cc(Cl)ccc1OCCCNC(=O)[C@H]1CNCCO1. The lowest BCUT2D eigenvalue weighted by Gasteiger charge is -2.22. The lowest BCUT2D eigenvalue weighted by Crippen LogP contribution is -2.48. The zero-order chi connectivity index (χ0) is 15.1. The smallest absolute Gasteiger partial charge is 0.250 e. The summed E-state index contributed by atoms with van der Waals surface area (Å²) in [7, 11) is 0. The molecule has 1 aromatic rings. The van der Waals surface area contributed by atoms with Gasteiger partial charge in [0.15, 0.2) is 0 Å². The lowest BCUT2D eigenvalue weighted by molar-refractivity contribution is -0.134. The molecule has 1 atom stereocenters. The fourth-order valence-corrected chi connectivity index (χ4v) is 2.31. The van der Waals surface area contributed by atoms with Crippen molar-refractivity contribution in [3.8, 4) is 5.75 Å². The van der Waals surface area contributed by atoms with Crippen molar-refractivity contribution in [3.63, 3.8) is 0 Å². The van der Waals surface area contributed by atoms with E-state index in [9.17, 15) is 4.79 Å². The number of benzene rings is 1. The fourth-order valence-electron chi connectivity index (χ4n) is 2.09. The molecule has 2 rings (SSSR count). The Kier molecular flexibility index (Phi) is 6.29. The number of nitrogens with one attached hydrogen (secondary N) is 2. The Balaban J connectivity index is 1.62. The summed E-state index contributed by atoms with van der Waals surface area (Å²) >= 11 is 5.89. The minimum Gasteiger partial charge on any atom is -0.493 e. The van der Waals surface area contributed by atoms with Gasteiger partial charge in [0.1, 0.15) is 11.9 Å². The number of rotatable bonds is 6. The first kappa shape index (κ1) is 16.1. The highest BCUT2D eigenvalue weighted by Crippen LogP contribution is 2.21. The summed E-state index contributed by atoms with van der Waals surface area (Å²) < 4.78 is 11.0. The van der Waals surface area contributed by atoms with Crippen LogP contribution >= 0.6 is 11.6 Å². The van der Waals surface area contributed by atoms with Crippen molar-refractivity contribution in [2.75, 3.05) is 32.8 Å². The molecule has 21 heavy (non-hydrogen) atoms. The summed E-state index contributed by atoms with van der Waals surface area (Å²) in [6, 6.07) is 5.53. The molecule has 0 aliphatic carbocycles. The Morgan fingerprint density at radius 1 is 1.57 bits per heavy atom. The second kappa shape index (κ2) is 8.22. The molecule has 1 amide bonds. The first-order valence-electron chi connectivity index (χ1n) is 7.16. The number of halogens is 1. The van der Waals surface area contributed by atoms with E-state index in [4.69, 9.17) is 21.1 Å². The average Bonchev–Trinajstić information content (AvgIpc) is 2.49. The number of aryl methyl sites for hydroxylation is 1. The maximum absolute atomic E-state index is 11.8. The third-order valence-corrected chi connectivity index (χ3v) is 3.47. The van der Waals surface area contributed by atoms with Crippen molar-refractivity contribution in [1.29, 1.82) is 0 Å². The minimum absolute atomic E-state index is 0.0649. The van der Waals surface area contributed by atoms with Crippen LogP contribution in [0.1, 0.15) is 12.0 Å². The van der Waals surface area contributed by atoms with Crippen molar-refractivity contribution >= 4 is 17.5 Å². The molecular weight excluding hydrogens is 292 g/mol. The second-order valence-electron chi connectivity index (χ2n) is 4.97. The molecule has 0 unspecified atom stereocenters. The lowest BCUT2D eigenvalue weighted by atomic mass is 10.2. The zero-order valence-electron chi connectivity index (χ0n) is 12.2. The highest BCUT2D eigenvalue weighted by Gasteiger charge is 2.20. The topological polar surface area (TPSA) is 59.6 Å². The molecule has 0 bridgehead atoms. The van der Waals surface area contributed by atoms with E-state index in [-0.39, 0.29) is 12.0 Å². The maximum atomic E-state index is 11.8. The van der Waals surface area contributed by atoms with Gasteiger partial charge in [-0.15, -0.1) is 0 Å². The van der Waals surface area contributed by atoms with Crippen molar-refractivity contribution in [2.45, 2.75) is 19.4 Å². The van der Waals surface area contributed by atoms with Crippen LogP contribution in [-0.4, -0.2) is 44.9 Å². The van der Waals surface area contributed by atoms with E-state index in [0.717, 1.165) is 24.3 Å². The van der Waals surface area contributed by atoms with Crippen LogP contribution in [0, 0.1) is 6.92 Å². The van der Waals surface area contributed by atoms with Gasteiger partial charge in [-0.2, -0.15) is 0 Å². The van der Waals surface area contributed by atoms with Crippen LogP contribution in [0.4, 0.5) is 0 Å². The monoisotopic (exact) mass is 312 g/mol. The molecule has 1 saturated heterocycles. The summed E-state index contributed by atoms with van der Waals surface area (Å²) in [5.41, 5.74) is 1.01. The van der Waals surface area contributed by atoms with Gasteiger partial charge < -0.3 is 20.1 Å². The molecule has 1 aliphatic heterocycles. The maximum Gasteiger partial charge on any atom is 0.250 e. The van der Waals surface area contributed by atoms with Gasteiger partial charge in [-0.1, -0.05) is 11.6 Å². The molecule has 0 spiro atoms. The molecule has 6 heteroatoms. The molecule has 116 valence electrons. The molecule has 5 nitrogen and oxygen atoms in total. The molecule has 2 N–H and O–H groups in total. The normalized spacial score (nSPS) is 18.3. The molecule has 0 saturated carbocycles. The number of morpholine rings is 1. The van der Waals surface area contributed by atoms with Crippen LogP contribution < -0.4 is 15.4 Å². The van der Waals surface area contributed by atoms with Gasteiger partial charge in [0, 0.05) is 24.7 Å². The Hall–Kier alpha value is -1.30. The van der Waals surface area contributed by atoms with Crippen LogP contribution in [-0.2, 0) is 9.53 Å². The molecule has 1 heterocycles. The minimum atomic E-state index is -0.377. The van der Waals surface area contributed by atoms with Gasteiger partial charge in [0.25, 0.3) is 0 Å². The van der Waals surface area contributed by atoms with Gasteiger partial charge >= 0.3 is 0 Å². The van der Waals surface area contributed by atoms with Crippen LogP contribution in [0.15, 0.2) is 18.2 Å². The molecule has 0 aromatic heterocycles. The highest BCUT2D eigenvalue weighted by atomic mass is 35.5. The van der Waals surface area contributed by atoms with E-state index in [2.05, 4.69) is 10.6 Å². The van der Waals surface area contributed by atoms with Gasteiger partial charge in [-0.05, 0) is 37.1 Å². The number of amides is 1. The predicted molar refractivity (Wildman–Crippen MR) is 81.9 cm³/mol. The van der Waals surface area contributed by atoms with Crippen LogP contribution in [0.25, 0.3) is 0 Å². The van der Waals surface area contributed by atoms with Gasteiger partial charge in [-0.25, -0.2) is 0 Å². The van der Waals surface area contributed by atoms with Crippen molar-refractivity contribution in [3.05, 3.63) is 28.8 Å². The van der Waals surface area contributed by atoms with Gasteiger partial charge in [-0.3, -0.25) is 4.79 Å². The van der Waals surface area contributed by atoms with E-state index in [0.29, 0.717) is 31.3 Å². The fraction of sp³-hybridized carbons (Fsp3) is 0.533. The quantitative estimate of drug-likeness (QED) is 0.782. The van der Waals surface area contributed by atoms with E-state index in [1.54, 1.807) is 6.07 Å². The standard InChI is InChI=1S/C15H21ClN2O3/c1-11-9-12(16)3-4-13(11)20-7-2-5-18-15(19)14-10-17-6-8-21-14/h3-4,9,14,17H,2,5-8,10H2,1H3,(H,18,19)/t14-/m1/s1. The third-order valence-electron chi connectivity index (χ3n) is 3.23. The largest absolute Gasteiger partial charge is 0.493 e. The Bertz CT molecular complexity index is 476. The zero-order valence-corrected chi connectivity index (χ0v) is 12.9. The van der Waals surface area contributed by atoms with E-state index in [1.165, 1.54) is 0 Å². The Labute approximate surface area is 130 Å². The summed E-state index contributed by atoms with van der Waals surface area (Å²) in [6.07, 6.45) is 0.367. The number of hydrogen-bond donors (Lipinski definition) is 2. The number of carbonyl (C=O) groups is 1. The van der Waals surface area contributed by atoms with Crippen LogP contribution in [0.5, 0.6) is 5.75 Å². The molecule has 1 fully saturated rings. The van der Waals surface area contributed by atoms with E-state index < -0.39 is 0 Å². The Morgan fingerprint density at radius 2 is 2.43 bits per heavy atom. The highest BCUT2D eigenvalue weighted by molar-refractivity contribution is 6.30. The number of hydrogen-bond acceptors (Lipinski definition) is 4. The van der Waals surface area contributed by atoms with Crippen molar-refractivity contribution < 1.29 is 14.3 Å². The number of ether oxygens (including phenoxy) is 2. The van der Waals surface area contributed by atoms with E-state index >= 15 is 0 Å². The summed E-state index contributed by atoms with van der Waals surface area (Å²) in [5.74, 6) is 0.760. The molecule has 1 aromatic carbocycles. The van der Waals surface area contributed by atoms with Crippen LogP contribution in [0.2, 0.25) is 5.02 Å². The third kappa shape index (κ3) is 5.19. The van der Waals surface area contributed by atoms with Gasteiger partial charge in [0.2, 0.25) is 5.91 Å². The molecular formula is C15H21ClN2O3. The van der Waals surface area contributed by atoms with Crippen LogP contribution in [0.3, 0.4) is 0 Å². The second-order valence-corrected chi connectivity index (χ2v) is 5.40. The van der Waals surface area contributed by atoms with E-state index in [1.807, 2.05) is 19.1 Å².